The maximum atomic E-state index is 10.2. The van der Waals surface area contributed by atoms with Gasteiger partial charge in [-0.1, -0.05) is 12.1 Å². The molecule has 1 aromatic rings. The third kappa shape index (κ3) is 5.36. The van der Waals surface area contributed by atoms with E-state index >= 15 is 0 Å². The van der Waals surface area contributed by atoms with Crippen molar-refractivity contribution in [3.8, 4) is 5.75 Å². The molecule has 1 aromatic carbocycles. The van der Waals surface area contributed by atoms with E-state index in [2.05, 4.69) is 5.32 Å². The van der Waals surface area contributed by atoms with Crippen molar-refractivity contribution in [3.63, 3.8) is 0 Å². The summed E-state index contributed by atoms with van der Waals surface area (Å²) in [7, 11) is 0. The predicted octanol–water partition coefficient (Wildman–Crippen LogP) is 1.44. The Kier molecular flexibility index (Phi) is 5.36. The molecule has 0 aliphatic heterocycles. The lowest BCUT2D eigenvalue weighted by Crippen LogP contribution is -2.24. The van der Waals surface area contributed by atoms with Gasteiger partial charge in [-0.2, -0.15) is 0 Å². The molecule has 88 valence electrons. The molecule has 0 radical (unpaired) electrons. The first kappa shape index (κ1) is 12.5. The quantitative estimate of drug-likeness (QED) is 0.687. The number of carboxylic acid groups (broad SMARTS) is 1. The van der Waals surface area contributed by atoms with Gasteiger partial charge in [0.05, 0.1) is 13.2 Å². The Bertz CT molecular complexity index is 339. The van der Waals surface area contributed by atoms with Crippen LogP contribution < -0.4 is 10.1 Å². The van der Waals surface area contributed by atoms with Crippen LogP contribution in [0.25, 0.3) is 0 Å². The van der Waals surface area contributed by atoms with Gasteiger partial charge >= 0.3 is 5.97 Å². The molecule has 0 saturated heterocycles. The number of nitrogens with one attached hydrogen (secondary N) is 1. The van der Waals surface area contributed by atoms with Gasteiger partial charge in [0.15, 0.2) is 0 Å². The van der Waals surface area contributed by atoms with Crippen LogP contribution in [0.1, 0.15) is 12.0 Å². The molecular weight excluding hydrogens is 206 g/mol. The Morgan fingerprint density at radius 2 is 2.31 bits per heavy atom. The fourth-order valence-corrected chi connectivity index (χ4v) is 1.29. The van der Waals surface area contributed by atoms with E-state index in [9.17, 15) is 4.79 Å². The summed E-state index contributed by atoms with van der Waals surface area (Å²) in [6.45, 7) is 3.26. The lowest BCUT2D eigenvalue weighted by molar-refractivity contribution is -0.135. The van der Waals surface area contributed by atoms with E-state index in [0.717, 1.165) is 12.2 Å². The van der Waals surface area contributed by atoms with Crippen LogP contribution >= 0.6 is 0 Å². The first-order chi connectivity index (χ1) is 7.68. The van der Waals surface area contributed by atoms with Crippen molar-refractivity contribution in [1.29, 1.82) is 0 Å². The Hall–Kier alpha value is -1.55. The molecule has 4 heteroatoms. The zero-order valence-electron chi connectivity index (χ0n) is 9.40. The topological polar surface area (TPSA) is 58.6 Å². The molecule has 0 saturated carbocycles. The van der Waals surface area contributed by atoms with Crippen LogP contribution in [-0.4, -0.2) is 30.8 Å². The minimum Gasteiger partial charge on any atom is -0.494 e. The van der Waals surface area contributed by atoms with Crippen LogP contribution in [0.3, 0.4) is 0 Å². The molecule has 0 aliphatic rings. The van der Waals surface area contributed by atoms with Gasteiger partial charge in [0.2, 0.25) is 0 Å². The lowest BCUT2D eigenvalue weighted by atomic mass is 10.2. The van der Waals surface area contributed by atoms with Crippen molar-refractivity contribution < 1.29 is 14.6 Å². The third-order valence-corrected chi connectivity index (χ3v) is 2.03. The Balaban J connectivity index is 2.09. The molecule has 0 aliphatic carbocycles. The van der Waals surface area contributed by atoms with Crippen LogP contribution in [0.5, 0.6) is 5.75 Å². The molecule has 2 N–H and O–H groups in total. The van der Waals surface area contributed by atoms with Crippen LogP contribution in [0, 0.1) is 6.92 Å². The highest BCUT2D eigenvalue weighted by Crippen LogP contribution is 2.12. The summed E-state index contributed by atoms with van der Waals surface area (Å²) in [6.07, 6.45) is 0.793. The predicted molar refractivity (Wildman–Crippen MR) is 61.8 cm³/mol. The number of aryl methyl sites for hydroxylation is 1. The molecule has 0 heterocycles. The third-order valence-electron chi connectivity index (χ3n) is 2.03. The molecule has 1 rings (SSSR count). The number of carboxylic acids is 1. The van der Waals surface area contributed by atoms with Gasteiger partial charge < -0.3 is 15.2 Å². The molecule has 0 amide bonds. The second-order valence-electron chi connectivity index (χ2n) is 3.59. The second-order valence-corrected chi connectivity index (χ2v) is 3.59. The minimum absolute atomic E-state index is 0.00441. The number of hydrogen-bond donors (Lipinski definition) is 2. The molecule has 16 heavy (non-hydrogen) atoms. The smallest absolute Gasteiger partial charge is 0.317 e. The van der Waals surface area contributed by atoms with Gasteiger partial charge in [0.1, 0.15) is 5.75 Å². The molecule has 0 unspecified atom stereocenters. The zero-order valence-corrected chi connectivity index (χ0v) is 9.40. The summed E-state index contributed by atoms with van der Waals surface area (Å²) >= 11 is 0. The van der Waals surface area contributed by atoms with E-state index in [1.807, 2.05) is 31.2 Å². The number of ether oxygens (including phenoxy) is 1. The molecule has 4 nitrogen and oxygen atoms in total. The standard InChI is InChI=1S/C12H17NO3/c1-10-4-2-5-11(8-10)16-7-3-6-13-9-12(14)15/h2,4-5,8,13H,3,6-7,9H2,1H3,(H,14,15). The first-order valence-corrected chi connectivity index (χ1v) is 5.30. The zero-order chi connectivity index (χ0) is 11.8. The molecule has 0 spiro atoms. The van der Waals surface area contributed by atoms with Gasteiger partial charge in [-0.15, -0.1) is 0 Å². The van der Waals surface area contributed by atoms with E-state index in [1.54, 1.807) is 0 Å². The molecule has 0 aromatic heterocycles. The van der Waals surface area contributed by atoms with E-state index in [0.29, 0.717) is 13.2 Å². The summed E-state index contributed by atoms with van der Waals surface area (Å²) in [5.74, 6) is 0.0258. The maximum absolute atomic E-state index is 10.2. The molecule has 0 bridgehead atoms. The van der Waals surface area contributed by atoms with Gasteiger partial charge in [0.25, 0.3) is 0 Å². The maximum Gasteiger partial charge on any atom is 0.317 e. The summed E-state index contributed by atoms with van der Waals surface area (Å²) in [4.78, 5) is 10.2. The summed E-state index contributed by atoms with van der Waals surface area (Å²) in [6, 6.07) is 7.86. The van der Waals surface area contributed by atoms with E-state index < -0.39 is 5.97 Å². The second kappa shape index (κ2) is 6.85. The summed E-state index contributed by atoms with van der Waals surface area (Å²) in [5.41, 5.74) is 1.17. The van der Waals surface area contributed by atoms with Crippen LogP contribution in [0.2, 0.25) is 0 Å². The van der Waals surface area contributed by atoms with Crippen molar-refractivity contribution >= 4 is 5.97 Å². The molecular formula is C12H17NO3. The van der Waals surface area contributed by atoms with Crippen LogP contribution in [0.4, 0.5) is 0 Å². The average molecular weight is 223 g/mol. The Labute approximate surface area is 95.2 Å². The SMILES string of the molecule is Cc1cccc(OCCCNCC(=O)O)c1. The highest BCUT2D eigenvalue weighted by atomic mass is 16.5. The van der Waals surface area contributed by atoms with Gasteiger partial charge in [-0.25, -0.2) is 0 Å². The van der Waals surface area contributed by atoms with Gasteiger partial charge in [-0.3, -0.25) is 4.79 Å². The van der Waals surface area contributed by atoms with E-state index in [1.165, 1.54) is 5.56 Å². The number of rotatable bonds is 7. The van der Waals surface area contributed by atoms with Crippen molar-refractivity contribution in [2.45, 2.75) is 13.3 Å². The minimum atomic E-state index is -0.834. The first-order valence-electron chi connectivity index (χ1n) is 5.30. The largest absolute Gasteiger partial charge is 0.494 e. The fourth-order valence-electron chi connectivity index (χ4n) is 1.29. The lowest BCUT2D eigenvalue weighted by Gasteiger charge is -2.06. The van der Waals surface area contributed by atoms with Crippen molar-refractivity contribution in [2.24, 2.45) is 0 Å². The van der Waals surface area contributed by atoms with Crippen LogP contribution in [0.15, 0.2) is 24.3 Å². The van der Waals surface area contributed by atoms with Crippen molar-refractivity contribution in [1.82, 2.24) is 5.32 Å². The fraction of sp³-hybridized carbons (Fsp3) is 0.417. The summed E-state index contributed by atoms with van der Waals surface area (Å²) in [5, 5.41) is 11.2. The Morgan fingerprint density at radius 1 is 1.50 bits per heavy atom. The number of aliphatic carboxylic acids is 1. The molecule has 0 atom stereocenters. The number of hydrogen-bond acceptors (Lipinski definition) is 3. The van der Waals surface area contributed by atoms with Gasteiger partial charge in [0, 0.05) is 0 Å². The van der Waals surface area contributed by atoms with Gasteiger partial charge in [-0.05, 0) is 37.6 Å². The molecule has 0 fully saturated rings. The van der Waals surface area contributed by atoms with E-state index in [-0.39, 0.29) is 6.54 Å². The van der Waals surface area contributed by atoms with Crippen LogP contribution in [-0.2, 0) is 4.79 Å². The van der Waals surface area contributed by atoms with E-state index in [4.69, 9.17) is 9.84 Å². The highest BCUT2D eigenvalue weighted by Gasteiger charge is 1.96. The van der Waals surface area contributed by atoms with Crippen molar-refractivity contribution in [3.05, 3.63) is 29.8 Å². The van der Waals surface area contributed by atoms with Crippen molar-refractivity contribution in [2.75, 3.05) is 19.7 Å². The number of benzene rings is 1. The highest BCUT2D eigenvalue weighted by molar-refractivity contribution is 5.68. The average Bonchev–Trinajstić information content (AvgIpc) is 2.23. The Morgan fingerprint density at radius 3 is 3.00 bits per heavy atom. The summed E-state index contributed by atoms with van der Waals surface area (Å²) < 4.78 is 5.51. The number of carbonyl (C=O) groups is 1. The normalized spacial score (nSPS) is 10.1. The monoisotopic (exact) mass is 223 g/mol.